The molecule has 2 aliphatic heterocycles. The normalized spacial score (nSPS) is 26.2. The zero-order valence-corrected chi connectivity index (χ0v) is 10.9. The first kappa shape index (κ1) is 12.4. The molecule has 3 rings (SSSR count). The maximum atomic E-state index is 11.7. The molecule has 5 heteroatoms. The molecule has 0 aromatic heterocycles. The highest BCUT2D eigenvalue weighted by Crippen LogP contribution is 2.38. The van der Waals surface area contributed by atoms with Gasteiger partial charge in [0, 0.05) is 43.9 Å². The van der Waals surface area contributed by atoms with E-state index in [0.29, 0.717) is 11.5 Å². The Bertz CT molecular complexity index is 517. The van der Waals surface area contributed by atoms with Gasteiger partial charge in [0.15, 0.2) is 6.10 Å². The predicted octanol–water partition coefficient (Wildman–Crippen LogP) is 0.515. The molecule has 0 bridgehead atoms. The Labute approximate surface area is 112 Å². The molecule has 2 heterocycles. The van der Waals surface area contributed by atoms with Crippen LogP contribution >= 0.6 is 0 Å². The Morgan fingerprint density at radius 1 is 1.42 bits per heavy atom. The van der Waals surface area contributed by atoms with Crippen molar-refractivity contribution in [3.63, 3.8) is 0 Å². The van der Waals surface area contributed by atoms with Crippen LogP contribution in [-0.2, 0) is 4.79 Å². The molecular weight excluding hydrogens is 244 g/mol. The molecule has 102 valence electrons. The van der Waals surface area contributed by atoms with E-state index in [1.54, 1.807) is 7.05 Å². The summed E-state index contributed by atoms with van der Waals surface area (Å²) in [6.45, 7) is 1.98. The summed E-state index contributed by atoms with van der Waals surface area (Å²) in [5, 5.41) is 19.0. The van der Waals surface area contributed by atoms with Gasteiger partial charge in [-0.2, -0.15) is 0 Å². The van der Waals surface area contributed by atoms with Gasteiger partial charge < -0.3 is 20.0 Å². The van der Waals surface area contributed by atoms with Crippen molar-refractivity contribution in [1.82, 2.24) is 0 Å². The number of carbonyl (C=O) groups is 1. The first-order valence-electron chi connectivity index (χ1n) is 6.57. The smallest absolute Gasteiger partial charge is 0.260 e. The third-order valence-corrected chi connectivity index (χ3v) is 4.14. The summed E-state index contributed by atoms with van der Waals surface area (Å²) in [4.78, 5) is 15.4. The Morgan fingerprint density at radius 3 is 2.89 bits per heavy atom. The van der Waals surface area contributed by atoms with Crippen LogP contribution in [0.25, 0.3) is 0 Å². The van der Waals surface area contributed by atoms with Gasteiger partial charge in [-0.05, 0) is 18.6 Å². The summed E-state index contributed by atoms with van der Waals surface area (Å²) in [6.07, 6.45) is -0.0387. The van der Waals surface area contributed by atoms with Crippen LogP contribution in [0.3, 0.4) is 0 Å². The summed E-state index contributed by atoms with van der Waals surface area (Å²) >= 11 is 0. The third kappa shape index (κ3) is 1.89. The van der Waals surface area contributed by atoms with E-state index in [1.807, 2.05) is 18.2 Å². The zero-order valence-electron chi connectivity index (χ0n) is 10.9. The molecule has 2 N–H and O–H groups in total. The zero-order chi connectivity index (χ0) is 13.6. The van der Waals surface area contributed by atoms with E-state index in [2.05, 4.69) is 4.90 Å². The minimum atomic E-state index is -1.03. The van der Waals surface area contributed by atoms with Gasteiger partial charge in [-0.25, -0.2) is 0 Å². The highest BCUT2D eigenvalue weighted by atomic mass is 16.3. The summed E-state index contributed by atoms with van der Waals surface area (Å²) in [5.74, 6) is 0.0556. The molecule has 0 aliphatic carbocycles. The minimum Gasteiger partial charge on any atom is -0.396 e. The molecule has 2 aliphatic rings. The molecule has 2 atom stereocenters. The van der Waals surface area contributed by atoms with E-state index in [0.717, 1.165) is 30.9 Å². The average molecular weight is 262 g/mol. The summed E-state index contributed by atoms with van der Waals surface area (Å²) in [7, 11) is 1.68. The van der Waals surface area contributed by atoms with Crippen molar-refractivity contribution in [2.45, 2.75) is 12.5 Å². The topological polar surface area (TPSA) is 64.0 Å². The highest BCUT2D eigenvalue weighted by molar-refractivity contribution is 6.03. The van der Waals surface area contributed by atoms with Crippen molar-refractivity contribution in [3.05, 3.63) is 23.8 Å². The number of aliphatic hydroxyl groups is 2. The first-order chi connectivity index (χ1) is 9.11. The Hall–Kier alpha value is -1.59. The lowest BCUT2D eigenvalue weighted by atomic mass is 10.1. The van der Waals surface area contributed by atoms with Gasteiger partial charge >= 0.3 is 0 Å². The van der Waals surface area contributed by atoms with E-state index < -0.39 is 6.10 Å². The van der Waals surface area contributed by atoms with Crippen LogP contribution in [0.1, 0.15) is 18.1 Å². The van der Waals surface area contributed by atoms with E-state index >= 15 is 0 Å². The van der Waals surface area contributed by atoms with Crippen LogP contribution in [0.4, 0.5) is 11.4 Å². The Morgan fingerprint density at radius 2 is 2.21 bits per heavy atom. The molecule has 0 radical (unpaired) electrons. The Balaban J connectivity index is 1.89. The van der Waals surface area contributed by atoms with Gasteiger partial charge in [0.1, 0.15) is 0 Å². The monoisotopic (exact) mass is 262 g/mol. The van der Waals surface area contributed by atoms with Gasteiger partial charge in [0.25, 0.3) is 5.91 Å². The number of nitrogens with zero attached hydrogens (tertiary/aromatic N) is 2. The quantitative estimate of drug-likeness (QED) is 0.815. The van der Waals surface area contributed by atoms with Crippen LogP contribution in [0.15, 0.2) is 18.2 Å². The standard InChI is InChI=1S/C14H18N2O3/c1-15-12-6-10(16-5-4-9(7-16)8-17)2-3-11(12)13(18)14(15)19/h2-3,6,9,13,17-18H,4-5,7-8H2,1H3. The number of likely N-dealkylation sites (N-methyl/N-ethyl adjacent to an activating group) is 1. The van der Waals surface area contributed by atoms with Gasteiger partial charge in [0.05, 0.1) is 5.69 Å². The highest BCUT2D eigenvalue weighted by Gasteiger charge is 2.34. The van der Waals surface area contributed by atoms with Crippen molar-refractivity contribution in [1.29, 1.82) is 0 Å². The predicted molar refractivity (Wildman–Crippen MR) is 72.2 cm³/mol. The minimum absolute atomic E-state index is 0.221. The molecule has 0 spiro atoms. The van der Waals surface area contributed by atoms with Crippen molar-refractivity contribution in [2.75, 3.05) is 36.5 Å². The largest absolute Gasteiger partial charge is 0.396 e. The SMILES string of the molecule is CN1C(=O)C(O)c2ccc(N3CCC(CO)C3)cc21. The maximum absolute atomic E-state index is 11.7. The number of hydrogen-bond donors (Lipinski definition) is 2. The molecule has 0 saturated carbocycles. The molecule has 19 heavy (non-hydrogen) atoms. The number of carbonyl (C=O) groups excluding carboxylic acids is 1. The van der Waals surface area contributed by atoms with E-state index in [-0.39, 0.29) is 12.5 Å². The lowest BCUT2D eigenvalue weighted by Crippen LogP contribution is -2.24. The van der Waals surface area contributed by atoms with E-state index in [1.165, 1.54) is 4.90 Å². The number of hydrogen-bond acceptors (Lipinski definition) is 4. The molecular formula is C14H18N2O3. The first-order valence-corrected chi connectivity index (χ1v) is 6.57. The fourth-order valence-corrected chi connectivity index (χ4v) is 2.90. The molecule has 2 unspecified atom stereocenters. The van der Waals surface area contributed by atoms with Crippen molar-refractivity contribution < 1.29 is 15.0 Å². The lowest BCUT2D eigenvalue weighted by molar-refractivity contribution is -0.125. The number of benzene rings is 1. The van der Waals surface area contributed by atoms with Crippen LogP contribution in [0, 0.1) is 5.92 Å². The van der Waals surface area contributed by atoms with Crippen molar-refractivity contribution in [2.24, 2.45) is 5.92 Å². The van der Waals surface area contributed by atoms with Gasteiger partial charge in [-0.1, -0.05) is 6.07 Å². The van der Waals surface area contributed by atoms with Crippen LogP contribution in [0.5, 0.6) is 0 Å². The van der Waals surface area contributed by atoms with E-state index in [9.17, 15) is 15.0 Å². The molecule has 1 aromatic carbocycles. The molecule has 1 aromatic rings. The molecule has 1 amide bonds. The van der Waals surface area contributed by atoms with Crippen molar-refractivity contribution >= 4 is 17.3 Å². The molecule has 1 saturated heterocycles. The number of amides is 1. The number of aliphatic hydroxyl groups excluding tert-OH is 2. The average Bonchev–Trinajstić information content (AvgIpc) is 2.99. The number of anilines is 2. The molecule has 1 fully saturated rings. The number of rotatable bonds is 2. The fraction of sp³-hybridized carbons (Fsp3) is 0.500. The lowest BCUT2D eigenvalue weighted by Gasteiger charge is -2.20. The third-order valence-electron chi connectivity index (χ3n) is 4.14. The van der Waals surface area contributed by atoms with Crippen LogP contribution in [-0.4, -0.2) is 42.9 Å². The molecule has 5 nitrogen and oxygen atoms in total. The summed E-state index contributed by atoms with van der Waals surface area (Å²) < 4.78 is 0. The van der Waals surface area contributed by atoms with Gasteiger partial charge in [-0.3, -0.25) is 4.79 Å². The second-order valence-electron chi connectivity index (χ2n) is 5.33. The van der Waals surface area contributed by atoms with E-state index in [4.69, 9.17) is 0 Å². The second-order valence-corrected chi connectivity index (χ2v) is 5.33. The summed E-state index contributed by atoms with van der Waals surface area (Å²) in [6, 6.07) is 5.71. The Kier molecular flexibility index (Phi) is 2.95. The van der Waals surface area contributed by atoms with Crippen LogP contribution < -0.4 is 9.80 Å². The maximum Gasteiger partial charge on any atom is 0.260 e. The summed E-state index contributed by atoms with van der Waals surface area (Å²) in [5.41, 5.74) is 2.50. The van der Waals surface area contributed by atoms with Gasteiger partial charge in [-0.15, -0.1) is 0 Å². The fourth-order valence-electron chi connectivity index (χ4n) is 2.90. The van der Waals surface area contributed by atoms with Crippen molar-refractivity contribution in [3.8, 4) is 0 Å². The van der Waals surface area contributed by atoms with Crippen LogP contribution in [0.2, 0.25) is 0 Å². The van der Waals surface area contributed by atoms with Gasteiger partial charge in [0.2, 0.25) is 0 Å². The second kappa shape index (κ2) is 4.51. The number of fused-ring (bicyclic) bond motifs is 1.